The van der Waals surface area contributed by atoms with Gasteiger partial charge in [0.25, 0.3) is 0 Å². The van der Waals surface area contributed by atoms with Gasteiger partial charge in [-0.2, -0.15) is 0 Å². The van der Waals surface area contributed by atoms with Crippen molar-refractivity contribution in [1.82, 2.24) is 19.5 Å². The molecule has 0 saturated carbocycles. The Labute approximate surface area is 313 Å². The Hall–Kier alpha value is -7.57. The van der Waals surface area contributed by atoms with Crippen LogP contribution in [0, 0.1) is 0 Å². The highest BCUT2D eigenvalue weighted by Crippen LogP contribution is 2.42. The van der Waals surface area contributed by atoms with Crippen molar-refractivity contribution in [2.24, 2.45) is 0 Å². The average Bonchev–Trinajstić information content (AvgIpc) is 3.93. The molecule has 0 atom stereocenters. The first-order valence-electron chi connectivity index (χ1n) is 18.4. The Kier molecular flexibility index (Phi) is 6.24. The molecule has 8 aromatic carbocycles. The molecule has 0 radical (unpaired) electrons. The summed E-state index contributed by atoms with van der Waals surface area (Å²) >= 11 is 0. The Bertz CT molecular complexity index is 3450. The molecule has 0 spiro atoms. The fraction of sp³-hybridized carbons (Fsp3) is 0. The maximum atomic E-state index is 6.90. The lowest BCUT2D eigenvalue weighted by Crippen LogP contribution is -2.00. The molecule has 0 aliphatic carbocycles. The standard InChI is InChI=1S/C49H28N4O2/c1-2-12-29(13-3-1)47-50-48(31-22-24-37-36-18-8-11-21-42(36)54-43(37)27-31)52-49(51-47)39-26-30-14-4-5-15-33(30)46-45(39)38-25-23-32(28-44(38)55-46)53-40-19-9-6-16-34(40)35-17-7-10-20-41(35)53/h1-28H. The molecule has 0 saturated heterocycles. The SMILES string of the molecule is c1ccc(-c2nc(-c3ccc4c(c3)oc3ccccc34)nc(-c3cc4ccccc4c4oc5cc(-n6c7ccccc7c7ccccc76)ccc5c34)n2)cc1. The number of hydrogen-bond acceptors (Lipinski definition) is 5. The van der Waals surface area contributed by atoms with Crippen LogP contribution in [0.15, 0.2) is 179 Å². The van der Waals surface area contributed by atoms with Crippen LogP contribution in [-0.4, -0.2) is 19.5 Å². The number of aromatic nitrogens is 4. The van der Waals surface area contributed by atoms with E-state index in [2.05, 4.69) is 120 Å². The molecule has 55 heavy (non-hydrogen) atoms. The highest BCUT2D eigenvalue weighted by molar-refractivity contribution is 6.21. The molecule has 0 aliphatic heterocycles. The van der Waals surface area contributed by atoms with Gasteiger partial charge in [0.1, 0.15) is 22.3 Å². The number of nitrogens with zero attached hydrogens (tertiary/aromatic N) is 4. The van der Waals surface area contributed by atoms with Crippen LogP contribution in [0.1, 0.15) is 0 Å². The molecule has 0 unspecified atom stereocenters. The topological polar surface area (TPSA) is 69.9 Å². The van der Waals surface area contributed by atoms with Crippen molar-refractivity contribution in [2.75, 3.05) is 0 Å². The molecule has 0 fully saturated rings. The van der Waals surface area contributed by atoms with E-state index in [-0.39, 0.29) is 0 Å². The molecule has 6 nitrogen and oxygen atoms in total. The maximum absolute atomic E-state index is 6.90. The lowest BCUT2D eigenvalue weighted by Gasteiger charge is -2.11. The summed E-state index contributed by atoms with van der Waals surface area (Å²) in [6.07, 6.45) is 0. The predicted octanol–water partition coefficient (Wildman–Crippen LogP) is 12.9. The van der Waals surface area contributed by atoms with Crippen LogP contribution in [0.5, 0.6) is 0 Å². The molecule has 4 aromatic heterocycles. The van der Waals surface area contributed by atoms with E-state index in [4.69, 9.17) is 23.8 Å². The summed E-state index contributed by atoms with van der Waals surface area (Å²) in [5, 5.41) is 8.60. The zero-order valence-corrected chi connectivity index (χ0v) is 29.3. The van der Waals surface area contributed by atoms with Gasteiger partial charge in [0.05, 0.1) is 11.0 Å². The van der Waals surface area contributed by atoms with Crippen LogP contribution >= 0.6 is 0 Å². The van der Waals surface area contributed by atoms with E-state index < -0.39 is 0 Å². The molecule has 0 amide bonds. The molecule has 0 N–H and O–H groups in total. The molecular formula is C49H28N4O2. The first-order valence-corrected chi connectivity index (χ1v) is 18.4. The molecule has 12 aromatic rings. The number of para-hydroxylation sites is 3. The summed E-state index contributed by atoms with van der Waals surface area (Å²) in [7, 11) is 0. The molecular weight excluding hydrogens is 677 g/mol. The molecule has 256 valence electrons. The van der Waals surface area contributed by atoms with Crippen LogP contribution in [0.4, 0.5) is 0 Å². The van der Waals surface area contributed by atoms with Gasteiger partial charge in [-0.15, -0.1) is 0 Å². The fourth-order valence-corrected chi connectivity index (χ4v) is 8.32. The lowest BCUT2D eigenvalue weighted by atomic mass is 9.99. The van der Waals surface area contributed by atoms with Crippen LogP contribution in [0.2, 0.25) is 0 Å². The lowest BCUT2D eigenvalue weighted by molar-refractivity contribution is 0.669. The zero-order chi connectivity index (χ0) is 36.0. The number of fused-ring (bicyclic) bond motifs is 11. The summed E-state index contributed by atoms with van der Waals surface area (Å²) in [5.41, 5.74) is 9.19. The Morgan fingerprint density at radius 1 is 0.382 bits per heavy atom. The van der Waals surface area contributed by atoms with Gasteiger partial charge in [0, 0.05) is 66.1 Å². The minimum absolute atomic E-state index is 0.564. The first-order chi connectivity index (χ1) is 27.2. The molecule has 4 heterocycles. The highest BCUT2D eigenvalue weighted by atomic mass is 16.3. The van der Waals surface area contributed by atoms with E-state index in [1.165, 1.54) is 10.8 Å². The molecule has 0 bridgehead atoms. The summed E-state index contributed by atoms with van der Waals surface area (Å²) in [6, 6.07) is 58.5. The summed E-state index contributed by atoms with van der Waals surface area (Å²) < 4.78 is 15.5. The Morgan fingerprint density at radius 2 is 0.982 bits per heavy atom. The summed E-state index contributed by atoms with van der Waals surface area (Å²) in [6.45, 7) is 0. The third kappa shape index (κ3) is 4.52. The van der Waals surface area contributed by atoms with Crippen molar-refractivity contribution in [3.05, 3.63) is 170 Å². The smallest absolute Gasteiger partial charge is 0.164 e. The quantitative estimate of drug-likeness (QED) is 0.182. The number of benzene rings is 8. The van der Waals surface area contributed by atoms with E-state index in [1.807, 2.05) is 54.6 Å². The van der Waals surface area contributed by atoms with Gasteiger partial charge in [0.2, 0.25) is 0 Å². The van der Waals surface area contributed by atoms with Crippen LogP contribution in [0.25, 0.3) is 116 Å². The van der Waals surface area contributed by atoms with Crippen molar-refractivity contribution in [3.63, 3.8) is 0 Å². The monoisotopic (exact) mass is 704 g/mol. The van der Waals surface area contributed by atoms with E-state index in [1.54, 1.807) is 0 Å². The second-order valence-electron chi connectivity index (χ2n) is 14.0. The Morgan fingerprint density at radius 3 is 1.78 bits per heavy atom. The van der Waals surface area contributed by atoms with Crippen molar-refractivity contribution < 1.29 is 8.83 Å². The van der Waals surface area contributed by atoms with Gasteiger partial charge in [-0.25, -0.2) is 15.0 Å². The highest BCUT2D eigenvalue weighted by Gasteiger charge is 2.22. The minimum Gasteiger partial charge on any atom is -0.456 e. The van der Waals surface area contributed by atoms with Gasteiger partial charge in [0.15, 0.2) is 17.5 Å². The van der Waals surface area contributed by atoms with Gasteiger partial charge in [-0.05, 0) is 53.9 Å². The molecule has 12 rings (SSSR count). The van der Waals surface area contributed by atoms with Gasteiger partial charge in [-0.3, -0.25) is 0 Å². The van der Waals surface area contributed by atoms with Crippen LogP contribution in [-0.2, 0) is 0 Å². The summed E-state index contributed by atoms with van der Waals surface area (Å²) in [5.74, 6) is 1.72. The zero-order valence-electron chi connectivity index (χ0n) is 29.3. The van der Waals surface area contributed by atoms with E-state index >= 15 is 0 Å². The maximum Gasteiger partial charge on any atom is 0.164 e. The van der Waals surface area contributed by atoms with E-state index in [0.29, 0.717) is 17.5 Å². The van der Waals surface area contributed by atoms with Crippen LogP contribution in [0.3, 0.4) is 0 Å². The molecule has 0 aliphatic rings. The Balaban J connectivity index is 1.11. The predicted molar refractivity (Wildman–Crippen MR) is 223 cm³/mol. The van der Waals surface area contributed by atoms with Gasteiger partial charge < -0.3 is 13.4 Å². The van der Waals surface area contributed by atoms with Crippen molar-refractivity contribution >= 4 is 76.5 Å². The first kappa shape index (κ1) is 29.9. The second kappa shape index (κ2) is 11.5. The van der Waals surface area contributed by atoms with Gasteiger partial charge in [-0.1, -0.05) is 115 Å². The third-order valence-electron chi connectivity index (χ3n) is 10.8. The number of hydrogen-bond donors (Lipinski definition) is 0. The van der Waals surface area contributed by atoms with Crippen LogP contribution < -0.4 is 0 Å². The largest absolute Gasteiger partial charge is 0.456 e. The van der Waals surface area contributed by atoms with Crippen molar-refractivity contribution in [3.8, 4) is 39.9 Å². The third-order valence-corrected chi connectivity index (χ3v) is 10.8. The molecule has 6 heteroatoms. The van der Waals surface area contributed by atoms with E-state index in [9.17, 15) is 0 Å². The normalized spacial score (nSPS) is 12.0. The second-order valence-corrected chi connectivity index (χ2v) is 14.0. The van der Waals surface area contributed by atoms with Crippen molar-refractivity contribution in [2.45, 2.75) is 0 Å². The average molecular weight is 705 g/mol. The van der Waals surface area contributed by atoms with Gasteiger partial charge >= 0.3 is 0 Å². The number of rotatable bonds is 4. The minimum atomic E-state index is 0.564. The van der Waals surface area contributed by atoms with E-state index in [0.717, 1.165) is 88.1 Å². The summed E-state index contributed by atoms with van der Waals surface area (Å²) in [4.78, 5) is 15.4. The number of furan rings is 2. The fourth-order valence-electron chi connectivity index (χ4n) is 8.32. The van der Waals surface area contributed by atoms with Crippen molar-refractivity contribution in [1.29, 1.82) is 0 Å².